The highest BCUT2D eigenvalue weighted by Crippen LogP contribution is 2.26. The Morgan fingerprint density at radius 2 is 2.25 bits per heavy atom. The number of benzene rings is 1. The van der Waals surface area contributed by atoms with E-state index in [-0.39, 0.29) is 11.6 Å². The van der Waals surface area contributed by atoms with Crippen LogP contribution in [0.1, 0.15) is 30.1 Å². The maximum absolute atomic E-state index is 12.0. The molecule has 1 aromatic carbocycles. The zero-order chi connectivity index (χ0) is 15.1. The van der Waals surface area contributed by atoms with Crippen molar-refractivity contribution < 1.29 is 19.6 Å². The first-order valence-corrected chi connectivity index (χ1v) is 6.26. The maximum Gasteiger partial charge on any atom is 0.310 e. The lowest BCUT2D eigenvalue weighted by atomic mass is 10.1. The summed E-state index contributed by atoms with van der Waals surface area (Å²) in [6.45, 7) is 2.38. The van der Waals surface area contributed by atoms with Gasteiger partial charge in [-0.15, -0.1) is 0 Å². The first-order valence-electron chi connectivity index (χ1n) is 6.26. The Balaban J connectivity index is 2.81. The summed E-state index contributed by atoms with van der Waals surface area (Å²) in [7, 11) is 1.55. The minimum Gasteiger partial charge on any atom is -0.502 e. The third kappa shape index (κ3) is 4.20. The number of aromatic hydroxyl groups is 1. The molecule has 0 aliphatic heterocycles. The second-order valence-electron chi connectivity index (χ2n) is 4.38. The number of carbonyl (C=O) groups excluding carboxylic acids is 1. The molecule has 1 rings (SSSR count). The second-order valence-corrected chi connectivity index (χ2v) is 4.38. The molecule has 2 N–H and O–H groups in total. The number of hydrogen-bond acceptors (Lipinski definition) is 5. The van der Waals surface area contributed by atoms with Crippen LogP contribution in [0.15, 0.2) is 18.2 Å². The number of phenols is 1. The number of ether oxygens (including phenoxy) is 1. The van der Waals surface area contributed by atoms with Gasteiger partial charge in [0, 0.05) is 18.7 Å². The number of nitrogens with zero attached hydrogens (tertiary/aromatic N) is 1. The van der Waals surface area contributed by atoms with E-state index in [0.717, 1.165) is 25.0 Å². The summed E-state index contributed by atoms with van der Waals surface area (Å²) in [6.07, 6.45) is 1.65. The van der Waals surface area contributed by atoms with Crippen molar-refractivity contribution in [2.75, 3.05) is 13.7 Å². The summed E-state index contributed by atoms with van der Waals surface area (Å²) in [6, 6.07) is 3.37. The molecule has 0 fully saturated rings. The van der Waals surface area contributed by atoms with E-state index < -0.39 is 22.3 Å². The van der Waals surface area contributed by atoms with Crippen LogP contribution in [0.5, 0.6) is 5.75 Å². The topological polar surface area (TPSA) is 102 Å². The molecule has 0 radical (unpaired) electrons. The molecule has 0 aliphatic carbocycles. The Hall–Kier alpha value is -2.15. The van der Waals surface area contributed by atoms with Crippen molar-refractivity contribution in [2.45, 2.75) is 25.8 Å². The highest BCUT2D eigenvalue weighted by atomic mass is 16.6. The molecule has 1 atom stereocenters. The van der Waals surface area contributed by atoms with Crippen LogP contribution < -0.4 is 5.32 Å². The van der Waals surface area contributed by atoms with E-state index >= 15 is 0 Å². The number of hydrogen-bond donors (Lipinski definition) is 2. The van der Waals surface area contributed by atoms with Crippen LogP contribution in [-0.4, -0.2) is 35.7 Å². The van der Waals surface area contributed by atoms with Crippen molar-refractivity contribution in [2.24, 2.45) is 0 Å². The summed E-state index contributed by atoms with van der Waals surface area (Å²) in [5.74, 6) is -0.924. The number of nitro benzene ring substituents is 1. The summed E-state index contributed by atoms with van der Waals surface area (Å²) in [5.41, 5.74) is -0.256. The molecule has 0 aromatic heterocycles. The Morgan fingerprint density at radius 3 is 2.75 bits per heavy atom. The quantitative estimate of drug-likeness (QED) is 0.587. The maximum atomic E-state index is 12.0. The van der Waals surface area contributed by atoms with Crippen LogP contribution in [0, 0.1) is 10.1 Å². The predicted molar refractivity (Wildman–Crippen MR) is 72.8 cm³/mol. The number of phenolic OH excluding ortho intramolecular Hbond substituents is 1. The predicted octanol–water partition coefficient (Wildman–Crippen LogP) is 1.85. The Kier molecular flexibility index (Phi) is 5.92. The normalized spacial score (nSPS) is 11.9. The lowest BCUT2D eigenvalue weighted by Crippen LogP contribution is -2.37. The lowest BCUT2D eigenvalue weighted by molar-refractivity contribution is -0.385. The average molecular weight is 282 g/mol. The molecular formula is C13H18N2O5. The molecule has 1 unspecified atom stereocenters. The number of nitrogens with one attached hydrogen (secondary N) is 1. The molecule has 0 saturated heterocycles. The SMILES string of the molecule is CCCC(COC)NC(=O)c1ccc([N+](=O)[O-])c(O)c1. The molecular weight excluding hydrogens is 264 g/mol. The molecule has 0 bridgehead atoms. The standard InChI is InChI=1S/C13H18N2O5/c1-3-4-10(8-20-2)14-13(17)9-5-6-11(15(18)19)12(16)7-9/h5-7,10,16H,3-4,8H2,1-2H3,(H,14,17). The molecule has 110 valence electrons. The number of carbonyl (C=O) groups is 1. The van der Waals surface area contributed by atoms with Gasteiger partial charge in [-0.25, -0.2) is 0 Å². The minimum atomic E-state index is -0.707. The van der Waals surface area contributed by atoms with Crippen LogP contribution in [0.25, 0.3) is 0 Å². The molecule has 0 aliphatic rings. The number of rotatable bonds is 7. The van der Waals surface area contributed by atoms with Crippen molar-refractivity contribution in [1.29, 1.82) is 0 Å². The van der Waals surface area contributed by atoms with E-state index in [2.05, 4.69) is 5.32 Å². The molecule has 0 spiro atoms. The first-order chi connectivity index (χ1) is 9.49. The van der Waals surface area contributed by atoms with Crippen LogP contribution in [-0.2, 0) is 4.74 Å². The van der Waals surface area contributed by atoms with Crippen molar-refractivity contribution in [3.8, 4) is 5.75 Å². The fraction of sp³-hybridized carbons (Fsp3) is 0.462. The highest BCUT2D eigenvalue weighted by molar-refractivity contribution is 5.95. The van der Waals surface area contributed by atoms with E-state index in [9.17, 15) is 20.0 Å². The molecule has 20 heavy (non-hydrogen) atoms. The van der Waals surface area contributed by atoms with Gasteiger partial charge in [-0.2, -0.15) is 0 Å². The molecule has 7 nitrogen and oxygen atoms in total. The fourth-order valence-electron chi connectivity index (χ4n) is 1.83. The lowest BCUT2D eigenvalue weighted by Gasteiger charge is -2.17. The zero-order valence-electron chi connectivity index (χ0n) is 11.5. The first kappa shape index (κ1) is 15.9. The fourth-order valence-corrected chi connectivity index (χ4v) is 1.83. The number of nitro groups is 1. The Labute approximate surface area is 116 Å². The Morgan fingerprint density at radius 1 is 1.55 bits per heavy atom. The smallest absolute Gasteiger partial charge is 0.310 e. The summed E-state index contributed by atoms with van der Waals surface area (Å²) >= 11 is 0. The second kappa shape index (κ2) is 7.44. The Bertz CT molecular complexity index is 484. The van der Waals surface area contributed by atoms with E-state index in [1.54, 1.807) is 7.11 Å². The summed E-state index contributed by atoms with van der Waals surface area (Å²) in [5, 5.41) is 22.9. The van der Waals surface area contributed by atoms with Gasteiger partial charge in [0.05, 0.1) is 17.6 Å². The van der Waals surface area contributed by atoms with Gasteiger partial charge >= 0.3 is 5.69 Å². The number of amides is 1. The van der Waals surface area contributed by atoms with E-state index in [0.29, 0.717) is 6.61 Å². The summed E-state index contributed by atoms with van der Waals surface area (Å²) < 4.78 is 5.01. The van der Waals surface area contributed by atoms with Gasteiger partial charge in [-0.05, 0) is 18.6 Å². The molecule has 0 heterocycles. The van der Waals surface area contributed by atoms with Crippen molar-refractivity contribution in [1.82, 2.24) is 5.32 Å². The van der Waals surface area contributed by atoms with Gasteiger partial charge < -0.3 is 15.2 Å². The van der Waals surface area contributed by atoms with Crippen LogP contribution in [0.2, 0.25) is 0 Å². The number of methoxy groups -OCH3 is 1. The van der Waals surface area contributed by atoms with E-state index in [1.807, 2.05) is 6.92 Å². The van der Waals surface area contributed by atoms with Gasteiger partial charge in [-0.1, -0.05) is 13.3 Å². The van der Waals surface area contributed by atoms with Crippen LogP contribution in [0.3, 0.4) is 0 Å². The zero-order valence-corrected chi connectivity index (χ0v) is 11.5. The minimum absolute atomic E-state index is 0.130. The van der Waals surface area contributed by atoms with Crippen molar-refractivity contribution in [3.05, 3.63) is 33.9 Å². The largest absolute Gasteiger partial charge is 0.502 e. The van der Waals surface area contributed by atoms with Crippen LogP contribution in [0.4, 0.5) is 5.69 Å². The third-order valence-electron chi connectivity index (χ3n) is 2.77. The summed E-state index contributed by atoms with van der Waals surface area (Å²) in [4.78, 5) is 21.9. The van der Waals surface area contributed by atoms with Crippen molar-refractivity contribution >= 4 is 11.6 Å². The average Bonchev–Trinajstić information content (AvgIpc) is 2.38. The van der Waals surface area contributed by atoms with Crippen molar-refractivity contribution in [3.63, 3.8) is 0 Å². The highest BCUT2D eigenvalue weighted by Gasteiger charge is 2.18. The van der Waals surface area contributed by atoms with E-state index in [4.69, 9.17) is 4.74 Å². The monoisotopic (exact) mass is 282 g/mol. The van der Waals surface area contributed by atoms with Gasteiger partial charge in [0.25, 0.3) is 5.91 Å². The molecule has 1 amide bonds. The molecule has 0 saturated carbocycles. The third-order valence-corrected chi connectivity index (χ3v) is 2.77. The molecule has 7 heteroatoms. The molecule has 1 aromatic rings. The van der Waals surface area contributed by atoms with Gasteiger partial charge in [0.15, 0.2) is 5.75 Å². The van der Waals surface area contributed by atoms with Crippen LogP contribution >= 0.6 is 0 Å². The van der Waals surface area contributed by atoms with E-state index in [1.165, 1.54) is 6.07 Å². The van der Waals surface area contributed by atoms with Gasteiger partial charge in [0.2, 0.25) is 0 Å². The van der Waals surface area contributed by atoms with Gasteiger partial charge in [-0.3, -0.25) is 14.9 Å². The van der Waals surface area contributed by atoms with Gasteiger partial charge in [0.1, 0.15) is 0 Å².